The molecule has 0 bridgehead atoms. The molecule has 0 aromatic carbocycles. The van der Waals surface area contributed by atoms with Crippen LogP contribution in [0.4, 0.5) is 0 Å². The van der Waals surface area contributed by atoms with Crippen molar-refractivity contribution in [1.82, 2.24) is 0 Å². The first-order valence-electron chi connectivity index (χ1n) is 2.66. The van der Waals surface area contributed by atoms with Crippen LogP contribution in [0.25, 0.3) is 0 Å². The van der Waals surface area contributed by atoms with Crippen LogP contribution >= 0.6 is 12.4 Å². The molecule has 0 aliphatic heterocycles. The Morgan fingerprint density at radius 3 is 2.20 bits per heavy atom. The molecule has 0 heterocycles. The van der Waals surface area contributed by atoms with Crippen LogP contribution < -0.4 is 5.73 Å². The lowest BCUT2D eigenvalue weighted by Gasteiger charge is -2.15. The van der Waals surface area contributed by atoms with E-state index in [1.165, 1.54) is 6.92 Å². The van der Waals surface area contributed by atoms with Crippen LogP contribution in [0.2, 0.25) is 0 Å². The minimum absolute atomic E-state index is 0. The number of rotatable bonds is 3. The highest BCUT2D eigenvalue weighted by molar-refractivity contribution is 5.85. The SMILES string of the molecule is CC(O)(CCN)C(=O)O.Cl. The molecule has 0 aliphatic rings. The Hall–Kier alpha value is -0.320. The van der Waals surface area contributed by atoms with Crippen molar-refractivity contribution in [3.05, 3.63) is 0 Å². The normalized spacial score (nSPS) is 15.1. The molecule has 10 heavy (non-hydrogen) atoms. The molecule has 4 nitrogen and oxygen atoms in total. The number of hydrogen-bond acceptors (Lipinski definition) is 3. The zero-order chi connectivity index (χ0) is 7.49. The van der Waals surface area contributed by atoms with Crippen molar-refractivity contribution in [1.29, 1.82) is 0 Å². The van der Waals surface area contributed by atoms with Gasteiger partial charge >= 0.3 is 5.97 Å². The largest absolute Gasteiger partial charge is 0.479 e. The summed E-state index contributed by atoms with van der Waals surface area (Å²) in [6.07, 6.45) is 0.0856. The molecule has 0 aliphatic carbocycles. The van der Waals surface area contributed by atoms with Crippen molar-refractivity contribution in [2.75, 3.05) is 6.54 Å². The van der Waals surface area contributed by atoms with E-state index in [-0.39, 0.29) is 25.4 Å². The smallest absolute Gasteiger partial charge is 0.335 e. The Bertz CT molecular complexity index is 115. The van der Waals surface area contributed by atoms with Gasteiger partial charge in [0.05, 0.1) is 0 Å². The van der Waals surface area contributed by atoms with Crippen LogP contribution in [0.15, 0.2) is 0 Å². The van der Waals surface area contributed by atoms with Gasteiger partial charge in [0.15, 0.2) is 5.60 Å². The van der Waals surface area contributed by atoms with Gasteiger partial charge in [0.25, 0.3) is 0 Å². The van der Waals surface area contributed by atoms with E-state index in [9.17, 15) is 4.79 Å². The van der Waals surface area contributed by atoms with Gasteiger partial charge in [-0.1, -0.05) is 0 Å². The number of hydrogen-bond donors (Lipinski definition) is 3. The van der Waals surface area contributed by atoms with Crippen molar-refractivity contribution in [2.45, 2.75) is 18.9 Å². The van der Waals surface area contributed by atoms with Crippen molar-refractivity contribution in [3.63, 3.8) is 0 Å². The molecule has 0 spiro atoms. The summed E-state index contributed by atoms with van der Waals surface area (Å²) in [5.74, 6) is -1.23. The summed E-state index contributed by atoms with van der Waals surface area (Å²) in [5.41, 5.74) is 3.37. The van der Waals surface area contributed by atoms with Gasteiger partial charge < -0.3 is 15.9 Å². The zero-order valence-electron chi connectivity index (χ0n) is 5.70. The fourth-order valence-corrected chi connectivity index (χ4v) is 0.388. The van der Waals surface area contributed by atoms with E-state index in [1.54, 1.807) is 0 Å². The topological polar surface area (TPSA) is 83.5 Å². The molecule has 1 unspecified atom stereocenters. The lowest BCUT2D eigenvalue weighted by molar-refractivity contribution is -0.156. The van der Waals surface area contributed by atoms with E-state index in [4.69, 9.17) is 15.9 Å². The van der Waals surface area contributed by atoms with E-state index < -0.39 is 11.6 Å². The molecule has 4 N–H and O–H groups in total. The van der Waals surface area contributed by atoms with E-state index in [0.29, 0.717) is 0 Å². The molecular weight excluding hydrogens is 158 g/mol. The summed E-state index contributed by atoms with van der Waals surface area (Å²) in [6, 6.07) is 0. The highest BCUT2D eigenvalue weighted by atomic mass is 35.5. The Kier molecular flexibility index (Phi) is 5.55. The number of carboxylic acids is 1. The lowest BCUT2D eigenvalue weighted by Crippen LogP contribution is -2.36. The molecule has 1 atom stereocenters. The Morgan fingerprint density at radius 2 is 2.10 bits per heavy atom. The third-order valence-corrected chi connectivity index (χ3v) is 1.09. The third kappa shape index (κ3) is 3.66. The number of aliphatic hydroxyl groups is 1. The first kappa shape index (κ1) is 12.4. The van der Waals surface area contributed by atoms with E-state index in [0.717, 1.165) is 0 Å². The molecule has 0 radical (unpaired) electrons. The highest BCUT2D eigenvalue weighted by Crippen LogP contribution is 2.06. The van der Waals surface area contributed by atoms with Crippen molar-refractivity contribution in [3.8, 4) is 0 Å². The van der Waals surface area contributed by atoms with E-state index in [1.807, 2.05) is 0 Å². The molecule has 62 valence electrons. The van der Waals surface area contributed by atoms with Gasteiger partial charge in [-0.2, -0.15) is 0 Å². The van der Waals surface area contributed by atoms with Crippen LogP contribution in [0, 0.1) is 0 Å². The van der Waals surface area contributed by atoms with Gasteiger partial charge in [0.2, 0.25) is 0 Å². The van der Waals surface area contributed by atoms with Gasteiger partial charge in [-0.3, -0.25) is 0 Å². The predicted molar refractivity (Wildman–Crippen MR) is 39.2 cm³/mol. The number of halogens is 1. The second-order valence-corrected chi connectivity index (χ2v) is 2.12. The Balaban J connectivity index is 0. The quantitative estimate of drug-likeness (QED) is 0.537. The van der Waals surface area contributed by atoms with Gasteiger partial charge in [0, 0.05) is 0 Å². The van der Waals surface area contributed by atoms with Gasteiger partial charge in [-0.25, -0.2) is 4.79 Å². The molecule has 0 aromatic heterocycles. The second-order valence-electron chi connectivity index (χ2n) is 2.12. The van der Waals surface area contributed by atoms with Crippen LogP contribution in [-0.4, -0.2) is 28.3 Å². The third-order valence-electron chi connectivity index (χ3n) is 1.09. The van der Waals surface area contributed by atoms with Crippen LogP contribution in [0.5, 0.6) is 0 Å². The molecular formula is C5H12ClNO3. The summed E-state index contributed by atoms with van der Waals surface area (Å²) in [6.45, 7) is 1.40. The number of carboxylic acid groups (broad SMARTS) is 1. The fraction of sp³-hybridized carbons (Fsp3) is 0.800. The summed E-state index contributed by atoms with van der Waals surface area (Å²) in [7, 11) is 0. The monoisotopic (exact) mass is 169 g/mol. The molecule has 0 fully saturated rings. The first-order valence-corrected chi connectivity index (χ1v) is 2.66. The number of aliphatic carboxylic acids is 1. The van der Waals surface area contributed by atoms with Crippen molar-refractivity contribution >= 4 is 18.4 Å². The van der Waals surface area contributed by atoms with Gasteiger partial charge in [-0.05, 0) is 19.9 Å². The lowest BCUT2D eigenvalue weighted by atomic mass is 10.0. The minimum atomic E-state index is -1.66. The molecule has 0 saturated heterocycles. The average Bonchev–Trinajstić information content (AvgIpc) is 1.65. The van der Waals surface area contributed by atoms with Gasteiger partial charge in [0.1, 0.15) is 0 Å². The van der Waals surface area contributed by atoms with Gasteiger partial charge in [-0.15, -0.1) is 12.4 Å². The molecule has 5 heteroatoms. The summed E-state index contributed by atoms with van der Waals surface area (Å²) in [4.78, 5) is 10.1. The first-order chi connectivity index (χ1) is 4.00. The second kappa shape index (κ2) is 4.49. The molecule has 0 saturated carbocycles. The molecule has 0 amide bonds. The molecule has 0 aromatic rings. The Labute approximate surface area is 65.4 Å². The zero-order valence-corrected chi connectivity index (χ0v) is 6.52. The average molecular weight is 170 g/mol. The van der Waals surface area contributed by atoms with Crippen molar-refractivity contribution in [2.24, 2.45) is 5.73 Å². The summed E-state index contributed by atoms with van der Waals surface area (Å²) in [5, 5.41) is 17.2. The summed E-state index contributed by atoms with van der Waals surface area (Å²) >= 11 is 0. The fourth-order valence-electron chi connectivity index (χ4n) is 0.388. The minimum Gasteiger partial charge on any atom is -0.479 e. The Morgan fingerprint density at radius 1 is 1.70 bits per heavy atom. The maximum Gasteiger partial charge on any atom is 0.335 e. The van der Waals surface area contributed by atoms with Crippen molar-refractivity contribution < 1.29 is 15.0 Å². The van der Waals surface area contributed by atoms with Crippen LogP contribution in [0.3, 0.4) is 0 Å². The number of carbonyl (C=O) groups is 1. The maximum absolute atomic E-state index is 10.1. The summed E-state index contributed by atoms with van der Waals surface area (Å²) < 4.78 is 0. The van der Waals surface area contributed by atoms with Crippen LogP contribution in [-0.2, 0) is 4.79 Å². The van der Waals surface area contributed by atoms with E-state index in [2.05, 4.69) is 0 Å². The predicted octanol–water partition coefficient (Wildman–Crippen LogP) is -0.407. The highest BCUT2D eigenvalue weighted by Gasteiger charge is 2.28. The van der Waals surface area contributed by atoms with Crippen LogP contribution in [0.1, 0.15) is 13.3 Å². The molecule has 0 rings (SSSR count). The number of nitrogens with two attached hydrogens (primary N) is 1. The standard InChI is InChI=1S/C5H11NO3.ClH/c1-5(9,2-3-6)4(7)8;/h9H,2-3,6H2,1H3,(H,7,8);1H. The van der Waals surface area contributed by atoms with E-state index >= 15 is 0 Å². The maximum atomic E-state index is 10.1.